The molecule has 2 aromatic rings. The van der Waals surface area contributed by atoms with E-state index in [4.69, 9.17) is 0 Å². The van der Waals surface area contributed by atoms with Crippen molar-refractivity contribution in [1.29, 1.82) is 0 Å². The van der Waals surface area contributed by atoms with Crippen molar-refractivity contribution in [1.82, 2.24) is 20.3 Å². The van der Waals surface area contributed by atoms with Crippen LogP contribution in [0.25, 0.3) is 5.69 Å². The molecule has 1 N–H and O–H groups in total. The van der Waals surface area contributed by atoms with Gasteiger partial charge < -0.3 is 5.32 Å². The number of aromatic nitrogens is 3. The van der Waals surface area contributed by atoms with Gasteiger partial charge >= 0.3 is 0 Å². The molecule has 0 aliphatic heterocycles. The van der Waals surface area contributed by atoms with Gasteiger partial charge in [-0.25, -0.2) is 4.68 Å². The van der Waals surface area contributed by atoms with E-state index in [9.17, 15) is 0 Å². The Morgan fingerprint density at radius 2 is 1.89 bits per heavy atom. The van der Waals surface area contributed by atoms with Crippen LogP contribution in [-0.2, 0) is 6.42 Å². The van der Waals surface area contributed by atoms with Crippen LogP contribution >= 0.6 is 0 Å². The van der Waals surface area contributed by atoms with Crippen LogP contribution in [0.3, 0.4) is 0 Å². The molecule has 0 bridgehead atoms. The molecule has 102 valence electrons. The quantitative estimate of drug-likeness (QED) is 0.838. The smallest absolute Gasteiger partial charge is 0.0729 e. The third-order valence-corrected chi connectivity index (χ3v) is 2.89. The number of para-hydroxylation sites is 1. The molecule has 19 heavy (non-hydrogen) atoms. The molecule has 0 saturated carbocycles. The van der Waals surface area contributed by atoms with E-state index in [1.807, 2.05) is 41.2 Å². The Balaban J connectivity index is 1.94. The lowest BCUT2D eigenvalue weighted by Gasteiger charge is -2.20. The number of hydrogen-bond acceptors (Lipinski definition) is 3. The maximum atomic E-state index is 4.16. The molecule has 4 heteroatoms. The van der Waals surface area contributed by atoms with Crippen molar-refractivity contribution in [2.45, 2.75) is 39.2 Å². The molecule has 0 amide bonds. The van der Waals surface area contributed by atoms with Gasteiger partial charge in [-0.1, -0.05) is 23.4 Å². The number of nitrogens with one attached hydrogen (secondary N) is 1. The first-order valence-electron chi connectivity index (χ1n) is 6.76. The van der Waals surface area contributed by atoms with Crippen LogP contribution in [-0.4, -0.2) is 27.1 Å². The normalized spacial score (nSPS) is 11.7. The Hall–Kier alpha value is -1.68. The maximum Gasteiger partial charge on any atom is 0.0729 e. The zero-order valence-corrected chi connectivity index (χ0v) is 11.9. The second-order valence-electron chi connectivity index (χ2n) is 5.75. The fourth-order valence-electron chi connectivity index (χ4n) is 1.95. The van der Waals surface area contributed by atoms with Crippen LogP contribution in [0.2, 0.25) is 0 Å². The minimum atomic E-state index is 0.178. The van der Waals surface area contributed by atoms with Crippen molar-refractivity contribution in [3.8, 4) is 5.69 Å². The summed E-state index contributed by atoms with van der Waals surface area (Å²) in [5, 5.41) is 11.7. The van der Waals surface area contributed by atoms with E-state index in [2.05, 4.69) is 36.4 Å². The van der Waals surface area contributed by atoms with E-state index in [0.717, 1.165) is 30.8 Å². The van der Waals surface area contributed by atoms with Gasteiger partial charge in [0.25, 0.3) is 0 Å². The molecule has 0 spiro atoms. The van der Waals surface area contributed by atoms with Gasteiger partial charge in [-0.15, -0.1) is 5.10 Å². The third-order valence-electron chi connectivity index (χ3n) is 2.89. The van der Waals surface area contributed by atoms with Crippen LogP contribution in [0.5, 0.6) is 0 Å². The number of nitrogens with zero attached hydrogens (tertiary/aromatic N) is 3. The molecule has 0 aliphatic carbocycles. The Kier molecular flexibility index (Phi) is 4.32. The molecular formula is C15H22N4. The summed E-state index contributed by atoms with van der Waals surface area (Å²) in [6, 6.07) is 10.1. The monoisotopic (exact) mass is 258 g/mol. The molecule has 2 rings (SSSR count). The van der Waals surface area contributed by atoms with Crippen molar-refractivity contribution in [3.63, 3.8) is 0 Å². The summed E-state index contributed by atoms with van der Waals surface area (Å²) >= 11 is 0. The predicted molar refractivity (Wildman–Crippen MR) is 77.4 cm³/mol. The van der Waals surface area contributed by atoms with E-state index in [0.29, 0.717) is 0 Å². The fraction of sp³-hybridized carbons (Fsp3) is 0.467. The Morgan fingerprint density at radius 3 is 2.58 bits per heavy atom. The van der Waals surface area contributed by atoms with Gasteiger partial charge in [0.05, 0.1) is 17.6 Å². The maximum absolute atomic E-state index is 4.16. The predicted octanol–water partition coefficient (Wildman–Crippen LogP) is 2.59. The van der Waals surface area contributed by atoms with Crippen LogP contribution in [0, 0.1) is 0 Å². The Morgan fingerprint density at radius 1 is 1.16 bits per heavy atom. The highest BCUT2D eigenvalue weighted by Gasteiger charge is 2.09. The largest absolute Gasteiger partial charge is 0.312 e. The summed E-state index contributed by atoms with van der Waals surface area (Å²) in [5.41, 5.74) is 2.40. The lowest BCUT2D eigenvalue weighted by atomic mass is 10.1. The molecule has 4 nitrogen and oxygen atoms in total. The van der Waals surface area contributed by atoms with Crippen LogP contribution in [0.15, 0.2) is 36.5 Å². The topological polar surface area (TPSA) is 42.7 Å². The van der Waals surface area contributed by atoms with E-state index in [1.54, 1.807) is 0 Å². The lowest BCUT2D eigenvalue weighted by Crippen LogP contribution is -2.36. The summed E-state index contributed by atoms with van der Waals surface area (Å²) in [7, 11) is 0. The average molecular weight is 258 g/mol. The number of aryl methyl sites for hydroxylation is 1. The minimum Gasteiger partial charge on any atom is -0.312 e. The van der Waals surface area contributed by atoms with Crippen LogP contribution in [0.4, 0.5) is 0 Å². The molecule has 1 aromatic carbocycles. The van der Waals surface area contributed by atoms with Crippen LogP contribution < -0.4 is 5.32 Å². The molecule has 0 unspecified atom stereocenters. The van der Waals surface area contributed by atoms with Gasteiger partial charge in [0, 0.05) is 5.54 Å². The first-order chi connectivity index (χ1) is 9.06. The SMILES string of the molecule is CC(C)(C)NCCCc1cnnn1-c1ccccc1. The highest BCUT2D eigenvalue weighted by atomic mass is 15.4. The van der Waals surface area contributed by atoms with Crippen molar-refractivity contribution < 1.29 is 0 Å². The summed E-state index contributed by atoms with van der Waals surface area (Å²) in [6.07, 6.45) is 3.91. The van der Waals surface area contributed by atoms with E-state index in [1.165, 1.54) is 0 Å². The average Bonchev–Trinajstić information content (AvgIpc) is 2.83. The summed E-state index contributed by atoms with van der Waals surface area (Å²) in [6.45, 7) is 7.55. The van der Waals surface area contributed by atoms with Crippen LogP contribution in [0.1, 0.15) is 32.9 Å². The van der Waals surface area contributed by atoms with E-state index >= 15 is 0 Å². The third kappa shape index (κ3) is 4.17. The Labute approximate surface area is 114 Å². The molecule has 0 radical (unpaired) electrons. The van der Waals surface area contributed by atoms with E-state index in [-0.39, 0.29) is 5.54 Å². The highest BCUT2D eigenvalue weighted by molar-refractivity contribution is 5.31. The summed E-state index contributed by atoms with van der Waals surface area (Å²) in [4.78, 5) is 0. The molecule has 1 aromatic heterocycles. The van der Waals surface area contributed by atoms with Gasteiger partial charge in [-0.05, 0) is 52.3 Å². The van der Waals surface area contributed by atoms with Crippen molar-refractivity contribution >= 4 is 0 Å². The van der Waals surface area contributed by atoms with Gasteiger partial charge in [-0.2, -0.15) is 0 Å². The number of hydrogen-bond donors (Lipinski definition) is 1. The molecule has 0 saturated heterocycles. The zero-order valence-electron chi connectivity index (χ0n) is 11.9. The van der Waals surface area contributed by atoms with E-state index < -0.39 is 0 Å². The zero-order chi connectivity index (χ0) is 13.7. The standard InChI is InChI=1S/C15H22N4/c1-15(2,3)16-11-7-10-14-12-17-18-19(14)13-8-5-4-6-9-13/h4-6,8-9,12,16H,7,10-11H2,1-3H3. The summed E-state index contributed by atoms with van der Waals surface area (Å²) in [5.74, 6) is 0. The lowest BCUT2D eigenvalue weighted by molar-refractivity contribution is 0.421. The van der Waals surface area contributed by atoms with Crippen molar-refractivity contribution in [2.24, 2.45) is 0 Å². The van der Waals surface area contributed by atoms with Gasteiger partial charge in [0.1, 0.15) is 0 Å². The molecular weight excluding hydrogens is 236 g/mol. The highest BCUT2D eigenvalue weighted by Crippen LogP contribution is 2.10. The van der Waals surface area contributed by atoms with Gasteiger partial charge in [0.2, 0.25) is 0 Å². The first-order valence-corrected chi connectivity index (χ1v) is 6.76. The Bertz CT molecular complexity index is 496. The number of benzene rings is 1. The van der Waals surface area contributed by atoms with Crippen molar-refractivity contribution in [3.05, 3.63) is 42.2 Å². The second-order valence-corrected chi connectivity index (χ2v) is 5.75. The second kappa shape index (κ2) is 5.97. The number of rotatable bonds is 5. The first kappa shape index (κ1) is 13.7. The van der Waals surface area contributed by atoms with Gasteiger partial charge in [0.15, 0.2) is 0 Å². The minimum absolute atomic E-state index is 0.178. The molecule has 0 atom stereocenters. The molecule has 1 heterocycles. The fourth-order valence-corrected chi connectivity index (χ4v) is 1.95. The molecule has 0 fully saturated rings. The van der Waals surface area contributed by atoms with Crippen molar-refractivity contribution in [2.75, 3.05) is 6.54 Å². The van der Waals surface area contributed by atoms with Gasteiger partial charge in [-0.3, -0.25) is 0 Å². The summed E-state index contributed by atoms with van der Waals surface area (Å²) < 4.78 is 1.91. The molecule has 0 aliphatic rings.